The molecule has 0 aliphatic carbocycles. The lowest BCUT2D eigenvalue weighted by Crippen LogP contribution is -2.39. The third-order valence-electron chi connectivity index (χ3n) is 2.61. The summed E-state index contributed by atoms with van der Waals surface area (Å²) in [5.41, 5.74) is 1.48. The van der Waals surface area contributed by atoms with Gasteiger partial charge in [-0.25, -0.2) is 8.42 Å². The minimum atomic E-state index is -3.73. The molecule has 5 nitrogen and oxygen atoms in total. The number of benzene rings is 1. The Bertz CT molecular complexity index is 566. The van der Waals surface area contributed by atoms with Crippen LogP contribution in [0.15, 0.2) is 23.1 Å². The van der Waals surface area contributed by atoms with E-state index in [2.05, 4.69) is 4.72 Å². The Labute approximate surface area is 114 Å². The number of nitrogens with one attached hydrogen (secondary N) is 1. The standard InChI is InChI=1S/C13H19NO4S/c1-5-18-13(15)11(4)14-19(16,17)12-8-9(2)6-7-10(12)3/h6-8,11,14H,5H2,1-4H3. The van der Waals surface area contributed by atoms with Crippen LogP contribution in [0.2, 0.25) is 0 Å². The van der Waals surface area contributed by atoms with E-state index in [0.29, 0.717) is 5.56 Å². The molecule has 1 aromatic carbocycles. The van der Waals surface area contributed by atoms with Crippen molar-refractivity contribution >= 4 is 16.0 Å². The third kappa shape index (κ3) is 4.04. The molecule has 0 bridgehead atoms. The Morgan fingerprint density at radius 2 is 2.00 bits per heavy atom. The number of hydrogen-bond donors (Lipinski definition) is 1. The van der Waals surface area contributed by atoms with Crippen LogP contribution in [-0.2, 0) is 19.6 Å². The van der Waals surface area contributed by atoms with Crippen LogP contribution in [0.1, 0.15) is 25.0 Å². The Hall–Kier alpha value is -1.40. The molecule has 0 radical (unpaired) electrons. The largest absolute Gasteiger partial charge is 0.465 e. The topological polar surface area (TPSA) is 72.5 Å². The molecule has 0 spiro atoms. The average Bonchev–Trinajstić information content (AvgIpc) is 2.31. The maximum atomic E-state index is 12.2. The van der Waals surface area contributed by atoms with Gasteiger partial charge in [-0.3, -0.25) is 4.79 Å². The van der Waals surface area contributed by atoms with E-state index in [-0.39, 0.29) is 11.5 Å². The number of esters is 1. The van der Waals surface area contributed by atoms with Crippen LogP contribution in [-0.4, -0.2) is 27.0 Å². The molecular weight excluding hydrogens is 266 g/mol. The first-order valence-corrected chi connectivity index (χ1v) is 7.52. The number of sulfonamides is 1. The van der Waals surface area contributed by atoms with Gasteiger partial charge in [0.15, 0.2) is 0 Å². The van der Waals surface area contributed by atoms with E-state index in [1.165, 1.54) is 6.92 Å². The SMILES string of the molecule is CCOC(=O)C(C)NS(=O)(=O)c1cc(C)ccc1C. The number of hydrogen-bond acceptors (Lipinski definition) is 4. The van der Waals surface area contributed by atoms with Gasteiger partial charge in [0.1, 0.15) is 6.04 Å². The Kier molecular flexibility index (Phi) is 5.08. The highest BCUT2D eigenvalue weighted by Gasteiger charge is 2.24. The van der Waals surface area contributed by atoms with Crippen LogP contribution >= 0.6 is 0 Å². The van der Waals surface area contributed by atoms with E-state index in [1.54, 1.807) is 26.0 Å². The van der Waals surface area contributed by atoms with E-state index in [1.807, 2.05) is 13.0 Å². The molecule has 0 amide bonds. The zero-order valence-electron chi connectivity index (χ0n) is 11.6. The van der Waals surface area contributed by atoms with Crippen molar-refractivity contribution in [3.63, 3.8) is 0 Å². The predicted octanol–water partition coefficient (Wildman–Crippen LogP) is 1.53. The fourth-order valence-corrected chi connectivity index (χ4v) is 3.13. The smallest absolute Gasteiger partial charge is 0.323 e. The fourth-order valence-electron chi connectivity index (χ4n) is 1.61. The molecule has 106 valence electrons. The number of rotatable bonds is 5. The van der Waals surface area contributed by atoms with E-state index < -0.39 is 22.0 Å². The van der Waals surface area contributed by atoms with Crippen LogP contribution in [0.3, 0.4) is 0 Å². The normalized spacial score (nSPS) is 13.1. The predicted molar refractivity (Wildman–Crippen MR) is 72.3 cm³/mol. The highest BCUT2D eigenvalue weighted by molar-refractivity contribution is 7.89. The zero-order chi connectivity index (χ0) is 14.6. The van der Waals surface area contributed by atoms with E-state index in [9.17, 15) is 13.2 Å². The summed E-state index contributed by atoms with van der Waals surface area (Å²) in [6.45, 7) is 6.87. The van der Waals surface area contributed by atoms with Gasteiger partial charge in [-0.05, 0) is 44.9 Å². The van der Waals surface area contributed by atoms with Gasteiger partial charge in [0, 0.05) is 0 Å². The first-order chi connectivity index (χ1) is 8.77. The second-order valence-corrected chi connectivity index (χ2v) is 6.05. The van der Waals surface area contributed by atoms with Crippen molar-refractivity contribution < 1.29 is 17.9 Å². The van der Waals surface area contributed by atoms with Crippen LogP contribution in [0.5, 0.6) is 0 Å². The average molecular weight is 285 g/mol. The van der Waals surface area contributed by atoms with Crippen LogP contribution in [0.4, 0.5) is 0 Å². The molecule has 0 saturated carbocycles. The van der Waals surface area contributed by atoms with Gasteiger partial charge in [-0.15, -0.1) is 0 Å². The summed E-state index contributed by atoms with van der Waals surface area (Å²) < 4.78 is 31.5. The molecule has 0 aromatic heterocycles. The summed E-state index contributed by atoms with van der Waals surface area (Å²) in [7, 11) is -3.73. The van der Waals surface area contributed by atoms with Crippen molar-refractivity contribution in [2.24, 2.45) is 0 Å². The van der Waals surface area contributed by atoms with E-state index in [4.69, 9.17) is 4.74 Å². The molecule has 0 saturated heterocycles. The second kappa shape index (κ2) is 6.16. The van der Waals surface area contributed by atoms with E-state index in [0.717, 1.165) is 5.56 Å². The summed E-state index contributed by atoms with van der Waals surface area (Å²) in [5.74, 6) is -0.587. The number of ether oxygens (including phenoxy) is 1. The summed E-state index contributed by atoms with van der Waals surface area (Å²) in [4.78, 5) is 11.6. The lowest BCUT2D eigenvalue weighted by Gasteiger charge is -2.14. The summed E-state index contributed by atoms with van der Waals surface area (Å²) >= 11 is 0. The first kappa shape index (κ1) is 15.7. The van der Waals surface area contributed by atoms with Gasteiger partial charge < -0.3 is 4.74 Å². The lowest BCUT2D eigenvalue weighted by molar-refractivity contribution is -0.144. The van der Waals surface area contributed by atoms with Crippen molar-refractivity contribution in [1.82, 2.24) is 4.72 Å². The van der Waals surface area contributed by atoms with Crippen molar-refractivity contribution in [2.45, 2.75) is 38.6 Å². The number of carbonyl (C=O) groups excluding carboxylic acids is 1. The Morgan fingerprint density at radius 1 is 1.37 bits per heavy atom. The molecule has 0 aliphatic rings. The van der Waals surface area contributed by atoms with Crippen molar-refractivity contribution in [3.8, 4) is 0 Å². The van der Waals surface area contributed by atoms with Crippen molar-refractivity contribution in [2.75, 3.05) is 6.61 Å². The molecule has 0 aliphatic heterocycles. The highest BCUT2D eigenvalue weighted by Crippen LogP contribution is 2.17. The maximum Gasteiger partial charge on any atom is 0.323 e. The minimum absolute atomic E-state index is 0.184. The van der Waals surface area contributed by atoms with Gasteiger partial charge >= 0.3 is 5.97 Å². The monoisotopic (exact) mass is 285 g/mol. The number of carbonyl (C=O) groups is 1. The molecule has 0 heterocycles. The fraction of sp³-hybridized carbons (Fsp3) is 0.462. The van der Waals surface area contributed by atoms with Gasteiger partial charge in [0.25, 0.3) is 0 Å². The van der Waals surface area contributed by atoms with Crippen molar-refractivity contribution in [3.05, 3.63) is 29.3 Å². The molecule has 6 heteroatoms. The summed E-state index contributed by atoms with van der Waals surface area (Å²) in [6, 6.07) is 4.24. The van der Waals surface area contributed by atoms with Crippen LogP contribution < -0.4 is 4.72 Å². The molecule has 19 heavy (non-hydrogen) atoms. The summed E-state index contributed by atoms with van der Waals surface area (Å²) in [6.07, 6.45) is 0. The Morgan fingerprint density at radius 3 is 2.58 bits per heavy atom. The minimum Gasteiger partial charge on any atom is -0.465 e. The molecule has 1 atom stereocenters. The van der Waals surface area contributed by atoms with Gasteiger partial charge in [-0.2, -0.15) is 4.72 Å². The maximum absolute atomic E-state index is 12.2. The molecule has 1 N–H and O–H groups in total. The quantitative estimate of drug-likeness (QED) is 0.833. The van der Waals surface area contributed by atoms with Crippen molar-refractivity contribution in [1.29, 1.82) is 0 Å². The molecular formula is C13H19NO4S. The first-order valence-electron chi connectivity index (χ1n) is 6.04. The Balaban J connectivity index is 2.99. The van der Waals surface area contributed by atoms with E-state index >= 15 is 0 Å². The highest BCUT2D eigenvalue weighted by atomic mass is 32.2. The molecule has 1 aromatic rings. The molecule has 1 unspecified atom stereocenters. The lowest BCUT2D eigenvalue weighted by atomic mass is 10.2. The van der Waals surface area contributed by atoms with Gasteiger partial charge in [0.2, 0.25) is 10.0 Å². The van der Waals surface area contributed by atoms with Gasteiger partial charge in [-0.1, -0.05) is 12.1 Å². The zero-order valence-corrected chi connectivity index (χ0v) is 12.4. The third-order valence-corrected chi connectivity index (χ3v) is 4.29. The summed E-state index contributed by atoms with van der Waals surface area (Å²) in [5, 5.41) is 0. The number of aryl methyl sites for hydroxylation is 2. The van der Waals surface area contributed by atoms with Gasteiger partial charge in [0.05, 0.1) is 11.5 Å². The molecule has 1 rings (SSSR count). The van der Waals surface area contributed by atoms with Crippen LogP contribution in [0, 0.1) is 13.8 Å². The molecule has 0 fully saturated rings. The second-order valence-electron chi connectivity index (χ2n) is 4.36. The van der Waals surface area contributed by atoms with Crippen LogP contribution in [0.25, 0.3) is 0 Å².